The first-order valence-corrected chi connectivity index (χ1v) is 8.05. The summed E-state index contributed by atoms with van der Waals surface area (Å²) in [7, 11) is 0. The van der Waals surface area contributed by atoms with Crippen molar-refractivity contribution in [2.24, 2.45) is 22.9 Å². The number of hydrogen-bond donors (Lipinski definition) is 1. The molecule has 0 saturated heterocycles. The third kappa shape index (κ3) is 3.11. The summed E-state index contributed by atoms with van der Waals surface area (Å²) < 4.78 is 0. The fourth-order valence-corrected chi connectivity index (χ4v) is 4.04. The van der Waals surface area contributed by atoms with Gasteiger partial charge in [0.1, 0.15) is 0 Å². The minimum atomic E-state index is -0.450. The van der Waals surface area contributed by atoms with E-state index in [2.05, 4.69) is 10.5 Å². The van der Waals surface area contributed by atoms with Crippen LogP contribution in [0.4, 0.5) is 5.69 Å². The molecule has 1 amide bonds. The molecule has 0 aliphatic heterocycles. The van der Waals surface area contributed by atoms with Crippen LogP contribution in [0.3, 0.4) is 0 Å². The number of nitro benzene ring substituents is 1. The second-order valence-corrected chi connectivity index (χ2v) is 6.73. The lowest BCUT2D eigenvalue weighted by atomic mass is 9.86. The average Bonchev–Trinajstić information content (AvgIpc) is 3.14. The van der Waals surface area contributed by atoms with E-state index in [1.807, 2.05) is 6.92 Å². The number of nitrogens with one attached hydrogen (secondary N) is 1. The summed E-state index contributed by atoms with van der Waals surface area (Å²) in [5.74, 6) is 1.73. The highest BCUT2D eigenvalue weighted by molar-refractivity contribution is 5.96. The zero-order chi connectivity index (χ0) is 16.6. The van der Waals surface area contributed by atoms with Crippen molar-refractivity contribution in [1.29, 1.82) is 0 Å². The van der Waals surface area contributed by atoms with Gasteiger partial charge in [0.2, 0.25) is 0 Å². The maximum absolute atomic E-state index is 12.2. The molecule has 1 aromatic carbocycles. The van der Waals surface area contributed by atoms with Gasteiger partial charge in [0.15, 0.2) is 0 Å². The van der Waals surface area contributed by atoms with Crippen LogP contribution in [0.1, 0.15) is 48.5 Å². The Morgan fingerprint density at radius 3 is 2.70 bits per heavy atom. The fourth-order valence-electron chi connectivity index (χ4n) is 4.04. The highest BCUT2D eigenvalue weighted by Gasteiger charge is 2.40. The molecule has 23 heavy (non-hydrogen) atoms. The molecule has 3 rings (SSSR count). The molecule has 2 bridgehead atoms. The van der Waals surface area contributed by atoms with Crippen LogP contribution in [0.2, 0.25) is 0 Å². The molecule has 0 spiro atoms. The van der Waals surface area contributed by atoms with Crippen molar-refractivity contribution in [2.45, 2.75) is 39.5 Å². The number of fused-ring (bicyclic) bond motifs is 2. The largest absolute Gasteiger partial charge is 0.272 e. The van der Waals surface area contributed by atoms with E-state index >= 15 is 0 Å². The van der Waals surface area contributed by atoms with Gasteiger partial charge in [-0.15, -0.1) is 0 Å². The molecule has 2 fully saturated rings. The number of hydrogen-bond acceptors (Lipinski definition) is 4. The van der Waals surface area contributed by atoms with E-state index in [9.17, 15) is 14.9 Å². The highest BCUT2D eigenvalue weighted by atomic mass is 16.6. The number of nitro groups is 1. The summed E-state index contributed by atoms with van der Waals surface area (Å²) in [5.41, 5.74) is 4.45. The van der Waals surface area contributed by atoms with E-state index in [1.165, 1.54) is 43.9 Å². The molecule has 1 N–H and O–H groups in total. The monoisotopic (exact) mass is 315 g/mol. The summed E-state index contributed by atoms with van der Waals surface area (Å²) in [5, 5.41) is 15.1. The van der Waals surface area contributed by atoms with Crippen LogP contribution >= 0.6 is 0 Å². The molecule has 3 atom stereocenters. The first-order chi connectivity index (χ1) is 11.0. The molecule has 0 heterocycles. The Bertz CT molecular complexity index is 684. The van der Waals surface area contributed by atoms with Crippen LogP contribution < -0.4 is 5.43 Å². The maximum atomic E-state index is 12.2. The molecule has 6 heteroatoms. The van der Waals surface area contributed by atoms with Crippen LogP contribution in [0.25, 0.3) is 0 Å². The number of carbonyl (C=O) groups excluding carboxylic acids is 1. The molecule has 0 unspecified atom stereocenters. The predicted molar refractivity (Wildman–Crippen MR) is 87.3 cm³/mol. The molecule has 2 aliphatic carbocycles. The number of hydrazone groups is 1. The van der Waals surface area contributed by atoms with Gasteiger partial charge in [-0.25, -0.2) is 5.43 Å². The van der Waals surface area contributed by atoms with Crippen molar-refractivity contribution >= 4 is 17.3 Å². The summed E-state index contributed by atoms with van der Waals surface area (Å²) in [6.45, 7) is 3.60. The maximum Gasteiger partial charge on any atom is 0.272 e. The van der Waals surface area contributed by atoms with E-state index in [0.29, 0.717) is 17.0 Å². The number of rotatable bonds is 4. The Morgan fingerprint density at radius 1 is 1.35 bits per heavy atom. The molecule has 1 aromatic rings. The molecule has 6 nitrogen and oxygen atoms in total. The van der Waals surface area contributed by atoms with Crippen LogP contribution in [0, 0.1) is 34.8 Å². The summed E-state index contributed by atoms with van der Waals surface area (Å²) in [6, 6.07) is 4.34. The van der Waals surface area contributed by atoms with Gasteiger partial charge in [-0.1, -0.05) is 6.42 Å². The third-order valence-electron chi connectivity index (χ3n) is 5.26. The van der Waals surface area contributed by atoms with Gasteiger partial charge in [0, 0.05) is 28.8 Å². The smallest absolute Gasteiger partial charge is 0.267 e. The average molecular weight is 315 g/mol. The van der Waals surface area contributed by atoms with Crippen LogP contribution in [0.5, 0.6) is 0 Å². The first kappa shape index (κ1) is 15.6. The standard InChI is InChI=1S/C17H21N3O3/c1-10-7-14(5-6-16(10)20(22)23)17(21)19-18-11(2)15-9-12-3-4-13(15)8-12/h5-7,12-13,15H,3-4,8-9H2,1-2H3,(H,19,21)/b18-11-/t12-,13+,15+/m0/s1. The lowest BCUT2D eigenvalue weighted by molar-refractivity contribution is -0.385. The predicted octanol–water partition coefficient (Wildman–Crippen LogP) is 3.45. The molecule has 0 radical (unpaired) electrons. The lowest BCUT2D eigenvalue weighted by Crippen LogP contribution is -2.24. The second kappa shape index (κ2) is 6.10. The van der Waals surface area contributed by atoms with Crippen molar-refractivity contribution in [3.63, 3.8) is 0 Å². The van der Waals surface area contributed by atoms with Crippen LogP contribution in [-0.2, 0) is 0 Å². The highest BCUT2D eigenvalue weighted by Crippen LogP contribution is 2.48. The molecule has 122 valence electrons. The van der Waals surface area contributed by atoms with Crippen LogP contribution in [0.15, 0.2) is 23.3 Å². The van der Waals surface area contributed by atoms with Crippen LogP contribution in [-0.4, -0.2) is 16.5 Å². The van der Waals surface area contributed by atoms with E-state index in [4.69, 9.17) is 0 Å². The van der Waals surface area contributed by atoms with E-state index < -0.39 is 4.92 Å². The van der Waals surface area contributed by atoms with Gasteiger partial charge in [-0.3, -0.25) is 14.9 Å². The summed E-state index contributed by atoms with van der Waals surface area (Å²) in [4.78, 5) is 22.5. The van der Waals surface area contributed by atoms with Crippen molar-refractivity contribution in [2.75, 3.05) is 0 Å². The molecule has 2 saturated carbocycles. The van der Waals surface area contributed by atoms with E-state index in [0.717, 1.165) is 17.5 Å². The SMILES string of the molecule is C/C(=N/NC(=O)c1ccc([N+](=O)[O-])c(C)c1)[C@H]1C[C@H]2CC[C@@H]1C2. The number of carbonyl (C=O) groups is 1. The van der Waals surface area contributed by atoms with E-state index in [1.54, 1.807) is 6.92 Å². The zero-order valence-electron chi connectivity index (χ0n) is 13.4. The zero-order valence-corrected chi connectivity index (χ0v) is 13.4. The number of aryl methyl sites for hydroxylation is 1. The summed E-state index contributed by atoms with van der Waals surface area (Å²) in [6.07, 6.45) is 5.10. The third-order valence-corrected chi connectivity index (χ3v) is 5.26. The molecule has 0 aromatic heterocycles. The Morgan fingerprint density at radius 2 is 2.13 bits per heavy atom. The molecular weight excluding hydrogens is 294 g/mol. The van der Waals surface area contributed by atoms with Gasteiger partial charge in [-0.05, 0) is 57.1 Å². The van der Waals surface area contributed by atoms with Gasteiger partial charge in [-0.2, -0.15) is 5.10 Å². The quantitative estimate of drug-likeness (QED) is 0.524. The minimum absolute atomic E-state index is 0.0169. The Kier molecular flexibility index (Phi) is 4.15. The van der Waals surface area contributed by atoms with Crippen molar-refractivity contribution in [3.8, 4) is 0 Å². The minimum Gasteiger partial charge on any atom is -0.267 e. The van der Waals surface area contributed by atoms with Gasteiger partial charge < -0.3 is 0 Å². The van der Waals surface area contributed by atoms with Crippen molar-refractivity contribution in [3.05, 3.63) is 39.4 Å². The number of nitrogens with zero attached hydrogens (tertiary/aromatic N) is 2. The van der Waals surface area contributed by atoms with Crippen molar-refractivity contribution in [1.82, 2.24) is 5.43 Å². The van der Waals surface area contributed by atoms with Gasteiger partial charge >= 0.3 is 0 Å². The van der Waals surface area contributed by atoms with E-state index in [-0.39, 0.29) is 11.6 Å². The fraction of sp³-hybridized carbons (Fsp3) is 0.529. The normalized spacial score (nSPS) is 26.3. The first-order valence-electron chi connectivity index (χ1n) is 8.05. The second-order valence-electron chi connectivity index (χ2n) is 6.73. The Hall–Kier alpha value is -2.24. The summed E-state index contributed by atoms with van der Waals surface area (Å²) >= 11 is 0. The Labute approximate surface area is 135 Å². The molecular formula is C17H21N3O3. The Balaban J connectivity index is 1.66. The molecule has 2 aliphatic rings. The lowest BCUT2D eigenvalue weighted by Gasteiger charge is -2.21. The number of benzene rings is 1. The van der Waals surface area contributed by atoms with Crippen molar-refractivity contribution < 1.29 is 9.72 Å². The number of amides is 1. The topological polar surface area (TPSA) is 84.6 Å². The van der Waals surface area contributed by atoms with Gasteiger partial charge in [0.25, 0.3) is 11.6 Å². The van der Waals surface area contributed by atoms with Gasteiger partial charge in [0.05, 0.1) is 4.92 Å².